The zero-order chi connectivity index (χ0) is 15.0. The van der Waals surface area contributed by atoms with Crippen molar-refractivity contribution in [3.8, 4) is 11.6 Å². The number of aromatic nitrogens is 4. The molecule has 1 atom stereocenters. The Morgan fingerprint density at radius 3 is 2.67 bits per heavy atom. The summed E-state index contributed by atoms with van der Waals surface area (Å²) in [6, 6.07) is 0.371. The minimum absolute atomic E-state index is 0.252. The molecule has 3 rings (SSSR count). The quantitative estimate of drug-likeness (QED) is 0.894. The largest absolute Gasteiger partial charge is 0.439 e. The van der Waals surface area contributed by atoms with Gasteiger partial charge in [-0.15, -0.1) is 0 Å². The monoisotopic (exact) mass is 289 g/mol. The SMILES string of the molecule is Cc1nc(-c2noc(=O)[nH]2)nc(N[C@H](C)C2CCC2)c1C. The molecule has 1 aliphatic carbocycles. The number of nitrogens with one attached hydrogen (secondary N) is 2. The van der Waals surface area contributed by atoms with Crippen LogP contribution in [0.2, 0.25) is 0 Å². The summed E-state index contributed by atoms with van der Waals surface area (Å²) in [7, 11) is 0. The normalized spacial score (nSPS) is 16.5. The van der Waals surface area contributed by atoms with E-state index < -0.39 is 5.76 Å². The fraction of sp³-hybridized carbons (Fsp3) is 0.571. The molecule has 0 bridgehead atoms. The smallest absolute Gasteiger partial charge is 0.367 e. The van der Waals surface area contributed by atoms with Crippen molar-refractivity contribution < 1.29 is 4.52 Å². The summed E-state index contributed by atoms with van der Waals surface area (Å²) in [6.45, 7) is 6.08. The highest BCUT2D eigenvalue weighted by atomic mass is 16.5. The van der Waals surface area contributed by atoms with Crippen LogP contribution in [0.1, 0.15) is 37.4 Å². The van der Waals surface area contributed by atoms with E-state index in [1.807, 2.05) is 13.8 Å². The van der Waals surface area contributed by atoms with E-state index in [1.54, 1.807) is 0 Å². The fourth-order valence-corrected chi connectivity index (χ4v) is 2.47. The highest BCUT2D eigenvalue weighted by Crippen LogP contribution is 2.31. The lowest BCUT2D eigenvalue weighted by molar-refractivity contribution is 0.285. The van der Waals surface area contributed by atoms with Crippen LogP contribution < -0.4 is 11.1 Å². The molecule has 1 aliphatic rings. The maximum Gasteiger partial charge on any atom is 0.439 e. The number of nitrogens with zero attached hydrogens (tertiary/aromatic N) is 3. The molecule has 0 spiro atoms. The molecule has 21 heavy (non-hydrogen) atoms. The summed E-state index contributed by atoms with van der Waals surface area (Å²) in [5.41, 5.74) is 1.86. The Hall–Kier alpha value is -2.18. The lowest BCUT2D eigenvalue weighted by Gasteiger charge is -2.32. The molecule has 0 radical (unpaired) electrons. The van der Waals surface area contributed by atoms with Crippen molar-refractivity contribution in [3.63, 3.8) is 0 Å². The van der Waals surface area contributed by atoms with Crippen molar-refractivity contribution in [3.05, 3.63) is 21.8 Å². The molecule has 0 amide bonds. The molecule has 112 valence electrons. The maximum atomic E-state index is 11.1. The molecule has 2 aromatic rings. The second-order valence-electron chi connectivity index (χ2n) is 5.67. The number of aryl methyl sites for hydroxylation is 1. The molecule has 0 aromatic carbocycles. The minimum atomic E-state index is -0.607. The van der Waals surface area contributed by atoms with E-state index in [1.165, 1.54) is 19.3 Å². The molecule has 7 heteroatoms. The van der Waals surface area contributed by atoms with Crippen molar-refractivity contribution in [2.75, 3.05) is 5.32 Å². The van der Waals surface area contributed by atoms with Crippen molar-refractivity contribution >= 4 is 5.82 Å². The number of rotatable bonds is 4. The molecule has 2 aromatic heterocycles. The Balaban J connectivity index is 1.91. The average Bonchev–Trinajstić information content (AvgIpc) is 2.79. The van der Waals surface area contributed by atoms with Crippen LogP contribution in [0, 0.1) is 19.8 Å². The Labute approximate surface area is 122 Å². The Kier molecular flexibility index (Phi) is 3.48. The van der Waals surface area contributed by atoms with Gasteiger partial charge in [-0.05, 0) is 39.5 Å². The first-order valence-corrected chi connectivity index (χ1v) is 7.22. The third-order valence-electron chi connectivity index (χ3n) is 4.26. The lowest BCUT2D eigenvalue weighted by Crippen LogP contribution is -2.31. The average molecular weight is 289 g/mol. The Morgan fingerprint density at radius 1 is 1.33 bits per heavy atom. The number of hydrogen-bond donors (Lipinski definition) is 2. The van der Waals surface area contributed by atoms with Crippen LogP contribution in [0.4, 0.5) is 5.82 Å². The van der Waals surface area contributed by atoms with Crippen LogP contribution in [-0.4, -0.2) is 26.2 Å². The van der Waals surface area contributed by atoms with Crippen LogP contribution in [-0.2, 0) is 0 Å². The van der Waals surface area contributed by atoms with Crippen molar-refractivity contribution in [2.24, 2.45) is 5.92 Å². The van der Waals surface area contributed by atoms with Crippen LogP contribution >= 0.6 is 0 Å². The van der Waals surface area contributed by atoms with Gasteiger partial charge in [0, 0.05) is 17.3 Å². The number of aromatic amines is 1. The summed E-state index contributed by atoms with van der Waals surface area (Å²) >= 11 is 0. The minimum Gasteiger partial charge on any atom is -0.367 e. The van der Waals surface area contributed by atoms with Gasteiger partial charge in [-0.25, -0.2) is 14.8 Å². The molecule has 2 heterocycles. The molecular formula is C14H19N5O2. The third kappa shape index (κ3) is 2.68. The molecule has 0 saturated heterocycles. The van der Waals surface area contributed by atoms with Gasteiger partial charge in [-0.1, -0.05) is 11.6 Å². The molecule has 1 saturated carbocycles. The van der Waals surface area contributed by atoms with E-state index in [-0.39, 0.29) is 5.82 Å². The van der Waals surface area contributed by atoms with E-state index >= 15 is 0 Å². The zero-order valence-corrected chi connectivity index (χ0v) is 12.4. The first-order valence-electron chi connectivity index (χ1n) is 7.22. The summed E-state index contributed by atoms with van der Waals surface area (Å²) in [5.74, 6) is 1.51. The summed E-state index contributed by atoms with van der Waals surface area (Å²) < 4.78 is 4.51. The fourth-order valence-electron chi connectivity index (χ4n) is 2.47. The van der Waals surface area contributed by atoms with Gasteiger partial charge in [0.05, 0.1) is 0 Å². The molecule has 0 aliphatic heterocycles. The summed E-state index contributed by atoms with van der Waals surface area (Å²) in [6.07, 6.45) is 3.84. The second kappa shape index (κ2) is 5.31. The summed E-state index contributed by atoms with van der Waals surface area (Å²) in [5, 5.41) is 7.11. The zero-order valence-electron chi connectivity index (χ0n) is 12.4. The molecule has 7 nitrogen and oxygen atoms in total. The number of hydrogen-bond acceptors (Lipinski definition) is 6. The van der Waals surface area contributed by atoms with Crippen LogP contribution in [0.3, 0.4) is 0 Å². The lowest BCUT2D eigenvalue weighted by atomic mass is 9.80. The van der Waals surface area contributed by atoms with Crippen molar-refractivity contribution in [2.45, 2.75) is 46.1 Å². The standard InChI is InChI=1S/C14H19N5O2/c1-7-8(2)15-12(13-18-14(20)21-19-13)17-11(7)16-9(3)10-5-4-6-10/h9-10H,4-6H2,1-3H3,(H,15,16,17)(H,18,19,20)/t9-/m1/s1. The van der Waals surface area contributed by atoms with Crippen molar-refractivity contribution in [1.29, 1.82) is 0 Å². The predicted octanol–water partition coefficient (Wildman–Crippen LogP) is 2.04. The van der Waals surface area contributed by atoms with Gasteiger partial charge in [0.2, 0.25) is 11.6 Å². The first kappa shape index (κ1) is 13.8. The number of anilines is 1. The van der Waals surface area contributed by atoms with Gasteiger partial charge in [-0.2, -0.15) is 0 Å². The van der Waals surface area contributed by atoms with E-state index in [9.17, 15) is 4.79 Å². The van der Waals surface area contributed by atoms with Crippen LogP contribution in [0.15, 0.2) is 9.32 Å². The molecule has 2 N–H and O–H groups in total. The van der Waals surface area contributed by atoms with Crippen LogP contribution in [0.25, 0.3) is 11.6 Å². The highest BCUT2D eigenvalue weighted by molar-refractivity contribution is 5.53. The van der Waals surface area contributed by atoms with Crippen molar-refractivity contribution in [1.82, 2.24) is 20.1 Å². The van der Waals surface area contributed by atoms with Gasteiger partial charge in [0.1, 0.15) is 5.82 Å². The van der Waals surface area contributed by atoms with E-state index in [0.717, 1.165) is 17.1 Å². The van der Waals surface area contributed by atoms with Gasteiger partial charge < -0.3 is 5.32 Å². The van der Waals surface area contributed by atoms with E-state index in [0.29, 0.717) is 17.8 Å². The third-order valence-corrected chi connectivity index (χ3v) is 4.26. The number of H-pyrrole nitrogens is 1. The summed E-state index contributed by atoms with van der Waals surface area (Å²) in [4.78, 5) is 22.4. The molecule has 1 fully saturated rings. The van der Waals surface area contributed by atoms with Gasteiger partial charge in [-0.3, -0.25) is 9.51 Å². The van der Waals surface area contributed by atoms with Gasteiger partial charge >= 0.3 is 5.76 Å². The molecular weight excluding hydrogens is 270 g/mol. The Morgan fingerprint density at radius 2 is 2.10 bits per heavy atom. The molecule has 0 unspecified atom stereocenters. The van der Waals surface area contributed by atoms with Crippen LogP contribution in [0.5, 0.6) is 0 Å². The second-order valence-corrected chi connectivity index (χ2v) is 5.67. The van der Waals surface area contributed by atoms with Gasteiger partial charge in [0.25, 0.3) is 0 Å². The van der Waals surface area contributed by atoms with E-state index in [4.69, 9.17) is 0 Å². The van der Waals surface area contributed by atoms with E-state index in [2.05, 4.69) is 36.9 Å². The highest BCUT2D eigenvalue weighted by Gasteiger charge is 2.25. The first-order chi connectivity index (χ1) is 10.0. The Bertz CT molecular complexity index is 702. The maximum absolute atomic E-state index is 11.1. The topological polar surface area (TPSA) is 96.7 Å². The van der Waals surface area contributed by atoms with Gasteiger partial charge in [0.15, 0.2) is 0 Å². The predicted molar refractivity (Wildman–Crippen MR) is 78.0 cm³/mol.